The van der Waals surface area contributed by atoms with Crippen molar-refractivity contribution in [3.8, 4) is 0 Å². The Morgan fingerprint density at radius 3 is 3.05 bits per heavy atom. The smallest absolute Gasteiger partial charge is 0.236 e. The van der Waals surface area contributed by atoms with Gasteiger partial charge in [0.15, 0.2) is 0 Å². The largest absolute Gasteiger partial charge is 0.354 e. The van der Waals surface area contributed by atoms with E-state index in [4.69, 9.17) is 5.73 Å². The van der Waals surface area contributed by atoms with Gasteiger partial charge in [-0.1, -0.05) is 19.9 Å². The maximum absolute atomic E-state index is 12.0. The summed E-state index contributed by atoms with van der Waals surface area (Å²) in [6.45, 7) is 8.21. The molecule has 5 heteroatoms. The molecule has 1 aromatic rings. The molecule has 2 rings (SSSR count). The molecule has 1 amide bonds. The molecule has 1 fully saturated rings. The number of amides is 1. The Morgan fingerprint density at radius 1 is 1.55 bits per heavy atom. The predicted molar refractivity (Wildman–Crippen MR) is 92.8 cm³/mol. The van der Waals surface area contributed by atoms with E-state index in [-0.39, 0.29) is 11.9 Å². The van der Waals surface area contributed by atoms with Crippen LogP contribution in [-0.2, 0) is 11.3 Å². The van der Waals surface area contributed by atoms with Gasteiger partial charge < -0.3 is 11.1 Å². The van der Waals surface area contributed by atoms with Crippen molar-refractivity contribution in [3.63, 3.8) is 0 Å². The SMILES string of the molecule is CC(C)C[C@H](N)C(=O)NCC1CCCN(Cc2cccs2)C1. The van der Waals surface area contributed by atoms with E-state index in [1.54, 1.807) is 0 Å². The van der Waals surface area contributed by atoms with Gasteiger partial charge >= 0.3 is 0 Å². The molecular weight excluding hydrogens is 294 g/mol. The van der Waals surface area contributed by atoms with Gasteiger partial charge in [-0.2, -0.15) is 0 Å². The van der Waals surface area contributed by atoms with Gasteiger partial charge in [0.1, 0.15) is 0 Å². The molecule has 1 aliphatic heterocycles. The van der Waals surface area contributed by atoms with Gasteiger partial charge in [0, 0.05) is 24.5 Å². The normalized spacial score (nSPS) is 21.0. The number of carbonyl (C=O) groups excluding carboxylic acids is 1. The van der Waals surface area contributed by atoms with Crippen molar-refractivity contribution in [2.75, 3.05) is 19.6 Å². The third-order valence-corrected chi connectivity index (χ3v) is 5.05. The van der Waals surface area contributed by atoms with Crippen LogP contribution in [0.4, 0.5) is 0 Å². The summed E-state index contributed by atoms with van der Waals surface area (Å²) in [5, 5.41) is 5.18. The van der Waals surface area contributed by atoms with Crippen molar-refractivity contribution in [2.24, 2.45) is 17.6 Å². The van der Waals surface area contributed by atoms with Crippen molar-refractivity contribution >= 4 is 17.2 Å². The van der Waals surface area contributed by atoms with E-state index in [0.29, 0.717) is 11.8 Å². The lowest BCUT2D eigenvalue weighted by atomic mass is 9.97. The first-order valence-electron chi connectivity index (χ1n) is 8.32. The van der Waals surface area contributed by atoms with Gasteiger partial charge in [0.25, 0.3) is 0 Å². The Morgan fingerprint density at radius 2 is 2.36 bits per heavy atom. The van der Waals surface area contributed by atoms with Crippen LogP contribution >= 0.6 is 11.3 Å². The molecular formula is C17H29N3OS. The summed E-state index contributed by atoms with van der Waals surface area (Å²) in [5.41, 5.74) is 5.93. The third kappa shape index (κ3) is 5.71. The van der Waals surface area contributed by atoms with Crippen LogP contribution < -0.4 is 11.1 Å². The molecule has 0 aromatic carbocycles. The molecule has 124 valence electrons. The maximum Gasteiger partial charge on any atom is 0.236 e. The summed E-state index contributed by atoms with van der Waals surface area (Å²) >= 11 is 1.82. The summed E-state index contributed by atoms with van der Waals surface area (Å²) in [6.07, 6.45) is 3.16. The number of likely N-dealkylation sites (tertiary alicyclic amines) is 1. The maximum atomic E-state index is 12.0. The predicted octanol–water partition coefficient (Wildman–Crippen LogP) is 2.45. The van der Waals surface area contributed by atoms with Crippen LogP contribution in [0.2, 0.25) is 0 Å². The lowest BCUT2D eigenvalue weighted by Crippen LogP contribution is -2.45. The highest BCUT2D eigenvalue weighted by Gasteiger charge is 2.22. The minimum atomic E-state index is -0.370. The van der Waals surface area contributed by atoms with E-state index >= 15 is 0 Å². The molecule has 0 radical (unpaired) electrons. The Labute approximate surface area is 138 Å². The van der Waals surface area contributed by atoms with Gasteiger partial charge in [-0.3, -0.25) is 9.69 Å². The molecule has 22 heavy (non-hydrogen) atoms. The van der Waals surface area contributed by atoms with E-state index < -0.39 is 0 Å². The topological polar surface area (TPSA) is 58.4 Å². The number of thiophene rings is 1. The van der Waals surface area contributed by atoms with E-state index in [1.165, 1.54) is 17.7 Å². The fourth-order valence-electron chi connectivity index (χ4n) is 3.08. The summed E-state index contributed by atoms with van der Waals surface area (Å²) in [4.78, 5) is 15.9. The van der Waals surface area contributed by atoms with Crippen LogP contribution in [0.15, 0.2) is 17.5 Å². The molecule has 1 saturated heterocycles. The van der Waals surface area contributed by atoms with Crippen LogP contribution in [-0.4, -0.2) is 36.5 Å². The fraction of sp³-hybridized carbons (Fsp3) is 0.706. The number of nitrogens with one attached hydrogen (secondary N) is 1. The van der Waals surface area contributed by atoms with Crippen LogP contribution in [0.25, 0.3) is 0 Å². The average Bonchev–Trinajstić information content (AvgIpc) is 2.97. The molecule has 3 N–H and O–H groups in total. The van der Waals surface area contributed by atoms with Crippen LogP contribution in [0.5, 0.6) is 0 Å². The molecule has 1 unspecified atom stereocenters. The van der Waals surface area contributed by atoms with Crippen molar-refractivity contribution < 1.29 is 4.79 Å². The van der Waals surface area contributed by atoms with Crippen LogP contribution in [0, 0.1) is 11.8 Å². The standard InChI is InChI=1S/C17H29N3OS/c1-13(2)9-16(18)17(21)19-10-14-5-3-7-20(11-14)12-15-6-4-8-22-15/h4,6,8,13-14,16H,3,5,7,9-12,18H2,1-2H3,(H,19,21)/t14?,16-/m0/s1. The zero-order valence-electron chi connectivity index (χ0n) is 13.8. The van der Waals surface area contributed by atoms with Gasteiger partial charge in [-0.05, 0) is 49.1 Å². The Bertz CT molecular complexity index is 447. The fourth-order valence-corrected chi connectivity index (χ4v) is 3.82. The number of rotatable bonds is 7. The highest BCUT2D eigenvalue weighted by molar-refractivity contribution is 7.09. The van der Waals surface area contributed by atoms with Gasteiger partial charge in [0.2, 0.25) is 5.91 Å². The van der Waals surface area contributed by atoms with Crippen molar-refractivity contribution in [2.45, 2.75) is 45.7 Å². The van der Waals surface area contributed by atoms with Gasteiger partial charge in [-0.15, -0.1) is 11.3 Å². The summed E-state index contributed by atoms with van der Waals surface area (Å²) in [6, 6.07) is 3.93. The zero-order chi connectivity index (χ0) is 15.9. The van der Waals surface area contributed by atoms with Gasteiger partial charge in [-0.25, -0.2) is 0 Å². The minimum Gasteiger partial charge on any atom is -0.354 e. The van der Waals surface area contributed by atoms with E-state index in [2.05, 4.69) is 41.6 Å². The first kappa shape index (κ1) is 17.4. The summed E-state index contributed by atoms with van der Waals surface area (Å²) < 4.78 is 0. The Balaban J connectivity index is 1.72. The summed E-state index contributed by atoms with van der Waals surface area (Å²) in [7, 11) is 0. The van der Waals surface area contributed by atoms with E-state index in [9.17, 15) is 4.79 Å². The average molecular weight is 324 g/mol. The second-order valence-electron chi connectivity index (χ2n) is 6.80. The molecule has 1 aliphatic rings. The first-order valence-corrected chi connectivity index (χ1v) is 9.20. The molecule has 0 saturated carbocycles. The molecule has 4 nitrogen and oxygen atoms in total. The minimum absolute atomic E-state index is 0.00378. The first-order chi connectivity index (χ1) is 10.5. The monoisotopic (exact) mass is 323 g/mol. The number of carbonyl (C=O) groups is 1. The lowest BCUT2D eigenvalue weighted by Gasteiger charge is -2.32. The highest BCUT2D eigenvalue weighted by atomic mass is 32.1. The quantitative estimate of drug-likeness (QED) is 0.810. The Hall–Kier alpha value is -0.910. The number of hydrogen-bond acceptors (Lipinski definition) is 4. The second-order valence-corrected chi connectivity index (χ2v) is 7.84. The number of piperidine rings is 1. The van der Waals surface area contributed by atoms with Crippen molar-refractivity contribution in [3.05, 3.63) is 22.4 Å². The van der Waals surface area contributed by atoms with Gasteiger partial charge in [0.05, 0.1) is 6.04 Å². The second kappa shape index (κ2) is 8.65. The summed E-state index contributed by atoms with van der Waals surface area (Å²) in [5.74, 6) is 1.00. The lowest BCUT2D eigenvalue weighted by molar-refractivity contribution is -0.123. The molecule has 2 atom stereocenters. The van der Waals surface area contributed by atoms with Crippen LogP contribution in [0.3, 0.4) is 0 Å². The zero-order valence-corrected chi connectivity index (χ0v) is 14.6. The number of nitrogens with zero attached hydrogens (tertiary/aromatic N) is 1. The molecule has 0 aliphatic carbocycles. The number of hydrogen-bond donors (Lipinski definition) is 2. The highest BCUT2D eigenvalue weighted by Crippen LogP contribution is 2.20. The third-order valence-electron chi connectivity index (χ3n) is 4.19. The number of nitrogens with two attached hydrogens (primary N) is 1. The van der Waals surface area contributed by atoms with Crippen LogP contribution in [0.1, 0.15) is 38.0 Å². The van der Waals surface area contributed by atoms with E-state index in [0.717, 1.165) is 32.6 Å². The van der Waals surface area contributed by atoms with Crippen molar-refractivity contribution in [1.29, 1.82) is 0 Å². The molecule has 2 heterocycles. The molecule has 0 spiro atoms. The van der Waals surface area contributed by atoms with Crippen molar-refractivity contribution in [1.82, 2.24) is 10.2 Å². The molecule has 0 bridgehead atoms. The molecule has 1 aromatic heterocycles. The Kier molecular flexibility index (Phi) is 6.86. The van der Waals surface area contributed by atoms with E-state index in [1.807, 2.05) is 11.3 Å².